The molecule has 132 valence electrons. The number of nitrogens with one attached hydrogen (secondary N) is 1. The Kier molecular flexibility index (Phi) is 5.45. The minimum absolute atomic E-state index is 0.0480. The van der Waals surface area contributed by atoms with Crippen molar-refractivity contribution < 1.29 is 13.9 Å². The van der Waals surface area contributed by atoms with Gasteiger partial charge in [0, 0.05) is 25.3 Å². The van der Waals surface area contributed by atoms with Crippen molar-refractivity contribution in [1.29, 1.82) is 0 Å². The largest absolute Gasteiger partial charge is 0.437 e. The van der Waals surface area contributed by atoms with Crippen molar-refractivity contribution in [2.75, 3.05) is 18.4 Å². The second kappa shape index (κ2) is 7.94. The van der Waals surface area contributed by atoms with E-state index in [1.54, 1.807) is 23.2 Å². The fraction of sp³-hybridized carbons (Fsp3) is 0.333. The SMILES string of the molecule is NC[C@H]1CCCCN1C(=O)Nc1cccnc1Oc1ccc(F)cc1. The number of aromatic nitrogens is 1. The van der Waals surface area contributed by atoms with Crippen LogP contribution in [-0.4, -0.2) is 35.0 Å². The van der Waals surface area contributed by atoms with Gasteiger partial charge in [-0.15, -0.1) is 0 Å². The molecule has 1 aromatic heterocycles. The van der Waals surface area contributed by atoms with E-state index in [4.69, 9.17) is 10.5 Å². The molecule has 1 atom stereocenters. The summed E-state index contributed by atoms with van der Waals surface area (Å²) in [4.78, 5) is 18.5. The van der Waals surface area contributed by atoms with E-state index in [1.165, 1.54) is 24.3 Å². The molecule has 25 heavy (non-hydrogen) atoms. The number of hydrogen-bond donors (Lipinski definition) is 2. The lowest BCUT2D eigenvalue weighted by Crippen LogP contribution is -2.49. The summed E-state index contributed by atoms with van der Waals surface area (Å²) in [5, 5.41) is 2.85. The highest BCUT2D eigenvalue weighted by atomic mass is 19.1. The van der Waals surface area contributed by atoms with E-state index in [0.717, 1.165) is 19.3 Å². The number of rotatable bonds is 4. The third-order valence-electron chi connectivity index (χ3n) is 4.20. The number of halogens is 1. The number of carbonyl (C=O) groups is 1. The lowest BCUT2D eigenvalue weighted by molar-refractivity contribution is 0.166. The van der Waals surface area contributed by atoms with Crippen LogP contribution in [0.4, 0.5) is 14.9 Å². The van der Waals surface area contributed by atoms with Gasteiger partial charge < -0.3 is 20.7 Å². The van der Waals surface area contributed by atoms with Gasteiger partial charge in [0.2, 0.25) is 5.88 Å². The van der Waals surface area contributed by atoms with Gasteiger partial charge in [-0.25, -0.2) is 14.2 Å². The number of ether oxygens (including phenoxy) is 1. The molecule has 3 N–H and O–H groups in total. The first kappa shape index (κ1) is 17.2. The maximum atomic E-state index is 13.0. The lowest BCUT2D eigenvalue weighted by Gasteiger charge is -2.35. The van der Waals surface area contributed by atoms with E-state index in [9.17, 15) is 9.18 Å². The number of amides is 2. The number of benzene rings is 1. The van der Waals surface area contributed by atoms with Crippen LogP contribution in [-0.2, 0) is 0 Å². The number of carbonyl (C=O) groups excluding carboxylic acids is 1. The highest BCUT2D eigenvalue weighted by molar-refractivity contribution is 5.90. The van der Waals surface area contributed by atoms with Crippen LogP contribution in [0, 0.1) is 5.82 Å². The van der Waals surface area contributed by atoms with Gasteiger partial charge >= 0.3 is 6.03 Å². The van der Waals surface area contributed by atoms with E-state index in [0.29, 0.717) is 24.5 Å². The van der Waals surface area contributed by atoms with Gasteiger partial charge in [-0.2, -0.15) is 0 Å². The average molecular weight is 344 g/mol. The zero-order valence-electron chi connectivity index (χ0n) is 13.8. The maximum Gasteiger partial charge on any atom is 0.322 e. The molecule has 1 aliphatic rings. The molecular formula is C18H21FN4O2. The zero-order valence-corrected chi connectivity index (χ0v) is 13.8. The Hall–Kier alpha value is -2.67. The Balaban J connectivity index is 1.74. The third kappa shape index (κ3) is 4.24. The molecule has 3 rings (SSSR count). The van der Waals surface area contributed by atoms with Crippen LogP contribution in [0.2, 0.25) is 0 Å². The molecular weight excluding hydrogens is 323 g/mol. The van der Waals surface area contributed by atoms with Gasteiger partial charge in [0.1, 0.15) is 17.3 Å². The van der Waals surface area contributed by atoms with Crippen molar-refractivity contribution in [2.24, 2.45) is 5.73 Å². The molecule has 2 aromatic rings. The smallest absolute Gasteiger partial charge is 0.322 e. The predicted molar refractivity (Wildman–Crippen MR) is 93.1 cm³/mol. The lowest BCUT2D eigenvalue weighted by atomic mass is 10.0. The predicted octanol–water partition coefficient (Wildman–Crippen LogP) is 3.36. The first-order valence-electron chi connectivity index (χ1n) is 8.33. The normalized spacial score (nSPS) is 17.2. The van der Waals surface area contributed by atoms with Crippen LogP contribution in [0.1, 0.15) is 19.3 Å². The quantitative estimate of drug-likeness (QED) is 0.891. The second-order valence-electron chi connectivity index (χ2n) is 5.92. The molecule has 0 spiro atoms. The molecule has 2 heterocycles. The summed E-state index contributed by atoms with van der Waals surface area (Å²) in [5.41, 5.74) is 6.24. The summed E-state index contributed by atoms with van der Waals surface area (Å²) in [5.74, 6) is 0.344. The molecule has 0 unspecified atom stereocenters. The van der Waals surface area contributed by atoms with Gasteiger partial charge in [-0.3, -0.25) is 0 Å². The van der Waals surface area contributed by atoms with E-state index in [1.807, 2.05) is 0 Å². The molecule has 2 amide bonds. The monoisotopic (exact) mass is 344 g/mol. The number of piperidine rings is 1. The van der Waals surface area contributed by atoms with Crippen molar-refractivity contribution >= 4 is 11.7 Å². The summed E-state index contributed by atoms with van der Waals surface area (Å²) in [7, 11) is 0. The molecule has 6 nitrogen and oxygen atoms in total. The van der Waals surface area contributed by atoms with Gasteiger partial charge in [0.25, 0.3) is 0 Å². The minimum atomic E-state index is -0.347. The molecule has 1 fully saturated rings. The fourth-order valence-electron chi connectivity index (χ4n) is 2.88. The molecule has 0 saturated carbocycles. The topological polar surface area (TPSA) is 80.5 Å². The Labute approximate surface area is 145 Å². The van der Waals surface area contributed by atoms with E-state index >= 15 is 0 Å². The van der Waals surface area contributed by atoms with Crippen LogP contribution < -0.4 is 15.8 Å². The van der Waals surface area contributed by atoms with Crippen molar-refractivity contribution in [3.05, 3.63) is 48.4 Å². The van der Waals surface area contributed by atoms with Crippen LogP contribution in [0.15, 0.2) is 42.6 Å². The molecule has 0 radical (unpaired) electrons. The average Bonchev–Trinajstić information content (AvgIpc) is 2.65. The number of pyridine rings is 1. The summed E-state index contributed by atoms with van der Waals surface area (Å²) in [6, 6.07) is 8.87. The Morgan fingerprint density at radius 3 is 2.88 bits per heavy atom. The second-order valence-corrected chi connectivity index (χ2v) is 5.92. The molecule has 0 bridgehead atoms. The number of nitrogens with two attached hydrogens (primary N) is 1. The fourth-order valence-corrected chi connectivity index (χ4v) is 2.88. The Morgan fingerprint density at radius 2 is 2.12 bits per heavy atom. The highest BCUT2D eigenvalue weighted by Crippen LogP contribution is 2.28. The van der Waals surface area contributed by atoms with Crippen molar-refractivity contribution in [3.8, 4) is 11.6 Å². The molecule has 1 aromatic carbocycles. The summed E-state index contributed by atoms with van der Waals surface area (Å²) in [6.45, 7) is 1.13. The van der Waals surface area contributed by atoms with Gasteiger partial charge in [0.15, 0.2) is 0 Å². The van der Waals surface area contributed by atoms with Crippen molar-refractivity contribution in [1.82, 2.24) is 9.88 Å². The number of likely N-dealkylation sites (tertiary alicyclic amines) is 1. The van der Waals surface area contributed by atoms with Gasteiger partial charge in [-0.05, 0) is 55.7 Å². The zero-order chi connectivity index (χ0) is 17.6. The van der Waals surface area contributed by atoms with Gasteiger partial charge in [-0.1, -0.05) is 0 Å². The molecule has 0 aliphatic carbocycles. The van der Waals surface area contributed by atoms with E-state index in [-0.39, 0.29) is 23.8 Å². The first-order valence-corrected chi connectivity index (χ1v) is 8.33. The van der Waals surface area contributed by atoms with Crippen LogP contribution in [0.3, 0.4) is 0 Å². The van der Waals surface area contributed by atoms with Crippen LogP contribution in [0.5, 0.6) is 11.6 Å². The highest BCUT2D eigenvalue weighted by Gasteiger charge is 2.26. The number of nitrogens with zero attached hydrogens (tertiary/aromatic N) is 2. The number of hydrogen-bond acceptors (Lipinski definition) is 4. The van der Waals surface area contributed by atoms with Crippen molar-refractivity contribution in [3.63, 3.8) is 0 Å². The van der Waals surface area contributed by atoms with E-state index in [2.05, 4.69) is 10.3 Å². The molecule has 7 heteroatoms. The number of anilines is 1. The maximum absolute atomic E-state index is 13.0. The standard InChI is InChI=1S/C18H21FN4O2/c19-13-6-8-15(9-7-13)25-17-16(5-3-10-21-17)22-18(24)23-11-2-1-4-14(23)12-20/h3,5-10,14H,1-2,4,11-12,20H2,(H,22,24)/t14-/m1/s1. The summed E-state index contributed by atoms with van der Waals surface area (Å²) in [6.07, 6.45) is 4.53. The van der Waals surface area contributed by atoms with E-state index < -0.39 is 0 Å². The third-order valence-corrected chi connectivity index (χ3v) is 4.20. The number of urea groups is 1. The Morgan fingerprint density at radius 1 is 1.32 bits per heavy atom. The molecule has 1 aliphatic heterocycles. The first-order chi connectivity index (χ1) is 12.2. The van der Waals surface area contributed by atoms with Crippen LogP contribution in [0.25, 0.3) is 0 Å². The Bertz CT molecular complexity index is 723. The van der Waals surface area contributed by atoms with Gasteiger partial charge in [0.05, 0.1) is 0 Å². The minimum Gasteiger partial charge on any atom is -0.437 e. The summed E-state index contributed by atoms with van der Waals surface area (Å²) >= 11 is 0. The summed E-state index contributed by atoms with van der Waals surface area (Å²) < 4.78 is 18.7. The van der Waals surface area contributed by atoms with Crippen LogP contribution >= 0.6 is 0 Å². The molecule has 1 saturated heterocycles. The van der Waals surface area contributed by atoms with Crippen molar-refractivity contribution in [2.45, 2.75) is 25.3 Å².